The van der Waals surface area contributed by atoms with Crippen LogP contribution in [-0.4, -0.2) is 36.3 Å². The van der Waals surface area contributed by atoms with E-state index in [9.17, 15) is 4.79 Å². The highest BCUT2D eigenvalue weighted by Crippen LogP contribution is 2.26. The fourth-order valence-electron chi connectivity index (χ4n) is 3.80. The number of hydrogen-bond donors (Lipinski definition) is 0. The van der Waals surface area contributed by atoms with Crippen LogP contribution < -0.4 is 9.47 Å². The second kappa shape index (κ2) is 10.6. The number of ether oxygens (including phenoxy) is 3. The molecule has 3 aromatic rings. The Balaban J connectivity index is 1.46. The third-order valence-electron chi connectivity index (χ3n) is 5.81. The van der Waals surface area contributed by atoms with Crippen molar-refractivity contribution in [1.82, 2.24) is 4.90 Å². The zero-order valence-electron chi connectivity index (χ0n) is 18.9. The van der Waals surface area contributed by atoms with Gasteiger partial charge in [0.1, 0.15) is 24.2 Å². The number of piperidine rings is 1. The molecule has 1 aliphatic rings. The minimum atomic E-state index is -0.372. The van der Waals surface area contributed by atoms with Gasteiger partial charge in [-0.25, -0.2) is 4.79 Å². The maximum atomic E-state index is 12.8. The van der Waals surface area contributed by atoms with Crippen LogP contribution in [0, 0.1) is 13.8 Å². The predicted molar refractivity (Wildman–Crippen MR) is 129 cm³/mol. The molecule has 1 heterocycles. The molecule has 3 aromatic carbocycles. The van der Waals surface area contributed by atoms with E-state index in [4.69, 9.17) is 25.8 Å². The molecular weight excluding hydrogens is 438 g/mol. The van der Waals surface area contributed by atoms with Crippen LogP contribution in [0.4, 0.5) is 4.79 Å². The average molecular weight is 466 g/mol. The van der Waals surface area contributed by atoms with E-state index in [1.165, 1.54) is 11.1 Å². The Morgan fingerprint density at radius 3 is 2.42 bits per heavy atom. The number of hydrogen-bond acceptors (Lipinski definition) is 4. The number of carbonyl (C=O) groups excluding carboxylic acids is 1. The van der Waals surface area contributed by atoms with Crippen molar-refractivity contribution in [3.05, 3.63) is 94.5 Å². The Hall–Kier alpha value is -3.18. The van der Waals surface area contributed by atoms with Gasteiger partial charge in [-0.3, -0.25) is 0 Å². The summed E-state index contributed by atoms with van der Waals surface area (Å²) in [6.45, 7) is 5.25. The predicted octanol–water partition coefficient (Wildman–Crippen LogP) is 6.19. The molecule has 0 radical (unpaired) electrons. The zero-order valence-corrected chi connectivity index (χ0v) is 19.6. The number of aryl methyl sites for hydroxylation is 2. The highest BCUT2D eigenvalue weighted by atomic mass is 35.5. The van der Waals surface area contributed by atoms with Crippen molar-refractivity contribution in [2.24, 2.45) is 0 Å². The highest BCUT2D eigenvalue weighted by molar-refractivity contribution is 6.30. The fourth-order valence-corrected chi connectivity index (χ4v) is 3.98. The summed E-state index contributed by atoms with van der Waals surface area (Å²) in [6.07, 6.45) is -0.325. The molecule has 0 spiro atoms. The second-order valence-corrected chi connectivity index (χ2v) is 8.73. The van der Waals surface area contributed by atoms with Crippen molar-refractivity contribution in [1.29, 1.82) is 0 Å². The van der Waals surface area contributed by atoms with Crippen molar-refractivity contribution >= 4 is 17.7 Å². The van der Waals surface area contributed by atoms with Crippen LogP contribution in [0.2, 0.25) is 5.02 Å². The molecule has 0 aromatic heterocycles. The van der Waals surface area contributed by atoms with Crippen LogP contribution in [0.3, 0.4) is 0 Å². The van der Waals surface area contributed by atoms with Gasteiger partial charge in [-0.1, -0.05) is 54.1 Å². The summed E-state index contributed by atoms with van der Waals surface area (Å²) in [5.41, 5.74) is 3.33. The molecular formula is C27H28ClNO4. The fraction of sp³-hybridized carbons (Fsp3) is 0.296. The van der Waals surface area contributed by atoms with E-state index in [0.717, 1.165) is 11.3 Å². The minimum absolute atomic E-state index is 0.218. The molecule has 33 heavy (non-hydrogen) atoms. The van der Waals surface area contributed by atoms with Crippen LogP contribution >= 0.6 is 11.6 Å². The number of halogens is 1. The molecule has 1 aliphatic heterocycles. The SMILES string of the molecule is Cc1ccc(O[C@H]2CCN(C(=O)OCc3ccccc3)C[C@@H]2Oc2cccc(Cl)c2)cc1C. The van der Waals surface area contributed by atoms with Gasteiger partial charge < -0.3 is 19.1 Å². The molecule has 1 amide bonds. The Labute approximate surface area is 199 Å². The van der Waals surface area contributed by atoms with Crippen LogP contribution in [0.15, 0.2) is 72.8 Å². The highest BCUT2D eigenvalue weighted by Gasteiger charge is 2.35. The van der Waals surface area contributed by atoms with Crippen molar-refractivity contribution in [3.8, 4) is 11.5 Å². The molecule has 0 saturated carbocycles. The summed E-state index contributed by atoms with van der Waals surface area (Å²) in [7, 11) is 0. The lowest BCUT2D eigenvalue weighted by atomic mass is 10.0. The summed E-state index contributed by atoms with van der Waals surface area (Å²) in [4.78, 5) is 14.4. The van der Waals surface area contributed by atoms with Gasteiger partial charge in [0.05, 0.1) is 6.54 Å². The molecule has 2 atom stereocenters. The number of likely N-dealkylation sites (tertiary alicyclic amines) is 1. The van der Waals surface area contributed by atoms with E-state index >= 15 is 0 Å². The van der Waals surface area contributed by atoms with E-state index in [1.807, 2.05) is 60.7 Å². The first-order valence-corrected chi connectivity index (χ1v) is 11.5. The van der Waals surface area contributed by atoms with E-state index < -0.39 is 0 Å². The Morgan fingerprint density at radius 2 is 1.67 bits per heavy atom. The van der Waals surface area contributed by atoms with Gasteiger partial charge in [-0.2, -0.15) is 0 Å². The molecule has 1 saturated heterocycles. The molecule has 1 fully saturated rings. The summed E-state index contributed by atoms with van der Waals surface area (Å²) < 4.78 is 18.1. The zero-order chi connectivity index (χ0) is 23.2. The minimum Gasteiger partial charge on any atom is -0.486 e. The third-order valence-corrected chi connectivity index (χ3v) is 6.05. The van der Waals surface area contributed by atoms with Crippen LogP contribution in [0.5, 0.6) is 11.5 Å². The summed E-state index contributed by atoms with van der Waals surface area (Å²) in [5.74, 6) is 1.43. The van der Waals surface area contributed by atoms with Gasteiger partial charge in [0.25, 0.3) is 0 Å². The monoisotopic (exact) mass is 465 g/mol. The number of amides is 1. The molecule has 5 nitrogen and oxygen atoms in total. The van der Waals surface area contributed by atoms with Crippen LogP contribution in [-0.2, 0) is 11.3 Å². The van der Waals surface area contributed by atoms with Gasteiger partial charge >= 0.3 is 6.09 Å². The number of carbonyl (C=O) groups is 1. The van der Waals surface area contributed by atoms with Crippen molar-refractivity contribution in [3.63, 3.8) is 0 Å². The first kappa shape index (κ1) is 23.0. The molecule has 4 rings (SSSR count). The maximum absolute atomic E-state index is 12.8. The lowest BCUT2D eigenvalue weighted by Gasteiger charge is -2.38. The number of nitrogens with zero attached hydrogens (tertiary/aromatic N) is 1. The van der Waals surface area contributed by atoms with Crippen molar-refractivity contribution in [2.75, 3.05) is 13.1 Å². The Bertz CT molecular complexity index is 1090. The van der Waals surface area contributed by atoms with E-state index in [-0.39, 0.29) is 24.9 Å². The van der Waals surface area contributed by atoms with Crippen LogP contribution in [0.1, 0.15) is 23.1 Å². The Kier molecular flexibility index (Phi) is 7.40. The van der Waals surface area contributed by atoms with E-state index in [1.54, 1.807) is 17.0 Å². The van der Waals surface area contributed by atoms with Gasteiger partial charge in [0.2, 0.25) is 0 Å². The number of benzene rings is 3. The molecule has 0 N–H and O–H groups in total. The number of rotatable bonds is 6. The quantitative estimate of drug-likeness (QED) is 0.435. The standard InChI is InChI=1S/C27H28ClNO4/c1-19-11-12-24(15-20(19)2)32-25-13-14-29(27(30)31-18-21-7-4-3-5-8-21)17-26(25)33-23-10-6-9-22(28)16-23/h3-12,15-16,25-26H,13-14,17-18H2,1-2H3/t25-,26-/m0/s1. The first-order valence-electron chi connectivity index (χ1n) is 11.1. The summed E-state index contributed by atoms with van der Waals surface area (Å²) in [5, 5.41) is 0.592. The molecule has 0 bridgehead atoms. The second-order valence-electron chi connectivity index (χ2n) is 8.29. The lowest BCUT2D eigenvalue weighted by Crippen LogP contribution is -2.53. The van der Waals surface area contributed by atoms with Gasteiger partial charge in [0, 0.05) is 18.0 Å². The largest absolute Gasteiger partial charge is 0.486 e. The van der Waals surface area contributed by atoms with Gasteiger partial charge in [0.15, 0.2) is 6.10 Å². The maximum Gasteiger partial charge on any atom is 0.410 e. The third kappa shape index (κ3) is 6.20. The molecule has 172 valence electrons. The molecule has 0 aliphatic carbocycles. The summed E-state index contributed by atoms with van der Waals surface area (Å²) >= 11 is 6.14. The van der Waals surface area contributed by atoms with Crippen molar-refractivity contribution < 1.29 is 19.0 Å². The van der Waals surface area contributed by atoms with E-state index in [0.29, 0.717) is 30.3 Å². The van der Waals surface area contributed by atoms with Gasteiger partial charge in [-0.05, 0) is 60.9 Å². The first-order chi connectivity index (χ1) is 16.0. The van der Waals surface area contributed by atoms with Gasteiger partial charge in [-0.15, -0.1) is 0 Å². The lowest BCUT2D eigenvalue weighted by molar-refractivity contribution is -0.0125. The van der Waals surface area contributed by atoms with Crippen molar-refractivity contribution in [2.45, 2.75) is 39.1 Å². The van der Waals surface area contributed by atoms with E-state index in [2.05, 4.69) is 13.8 Å². The topological polar surface area (TPSA) is 48.0 Å². The summed E-state index contributed by atoms with van der Waals surface area (Å²) in [6, 6.07) is 23.0. The molecule has 6 heteroatoms. The van der Waals surface area contributed by atoms with Crippen LogP contribution in [0.25, 0.3) is 0 Å². The molecule has 0 unspecified atom stereocenters. The smallest absolute Gasteiger partial charge is 0.410 e. The average Bonchev–Trinajstić information content (AvgIpc) is 2.81. The Morgan fingerprint density at radius 1 is 0.909 bits per heavy atom. The normalized spacial score (nSPS) is 18.0.